The van der Waals surface area contributed by atoms with Gasteiger partial charge in [-0.25, -0.2) is 4.21 Å². The number of hydrogen-bond acceptors (Lipinski definition) is 3. The minimum Gasteiger partial charge on any atom is -0.293 e. The van der Waals surface area contributed by atoms with Crippen LogP contribution in [-0.4, -0.2) is 21.3 Å². The van der Waals surface area contributed by atoms with E-state index < -0.39 is 21.1 Å². The van der Waals surface area contributed by atoms with Crippen molar-refractivity contribution in [3.8, 4) is 0 Å². The standard InChI is InChI=1S/C5H9ClO3S/c1-5(2,4(6)7)10(8)9-3/h1-3H3. The first-order valence-corrected chi connectivity index (χ1v) is 4.04. The van der Waals surface area contributed by atoms with E-state index in [9.17, 15) is 9.00 Å². The molecule has 0 aliphatic carbocycles. The van der Waals surface area contributed by atoms with Crippen LogP contribution in [0.5, 0.6) is 0 Å². The summed E-state index contributed by atoms with van der Waals surface area (Å²) in [6.07, 6.45) is 0. The zero-order chi connectivity index (χ0) is 8.36. The van der Waals surface area contributed by atoms with E-state index in [1.54, 1.807) is 0 Å². The summed E-state index contributed by atoms with van der Waals surface area (Å²) in [6.45, 7) is 2.92. The van der Waals surface area contributed by atoms with E-state index in [2.05, 4.69) is 4.18 Å². The van der Waals surface area contributed by atoms with Crippen LogP contribution < -0.4 is 0 Å². The summed E-state index contributed by atoms with van der Waals surface area (Å²) in [5, 5.41) is -0.660. The molecule has 0 aromatic carbocycles. The molecule has 0 N–H and O–H groups in total. The van der Waals surface area contributed by atoms with E-state index in [1.807, 2.05) is 0 Å². The number of halogens is 1. The lowest BCUT2D eigenvalue weighted by Gasteiger charge is -2.15. The van der Waals surface area contributed by atoms with Gasteiger partial charge in [0.15, 0.2) is 11.1 Å². The molecule has 10 heavy (non-hydrogen) atoms. The van der Waals surface area contributed by atoms with E-state index in [-0.39, 0.29) is 0 Å². The molecule has 0 aliphatic heterocycles. The van der Waals surface area contributed by atoms with Crippen LogP contribution >= 0.6 is 11.6 Å². The molecule has 0 amide bonds. The van der Waals surface area contributed by atoms with Crippen molar-refractivity contribution in [1.29, 1.82) is 0 Å². The number of carbonyl (C=O) groups excluding carboxylic acids is 1. The third kappa shape index (κ3) is 2.04. The molecule has 1 atom stereocenters. The normalized spacial score (nSPS) is 14.8. The van der Waals surface area contributed by atoms with Crippen LogP contribution in [0.2, 0.25) is 0 Å². The first kappa shape index (κ1) is 10.1. The van der Waals surface area contributed by atoms with E-state index in [0.717, 1.165) is 0 Å². The number of hydrogen-bond donors (Lipinski definition) is 0. The summed E-state index contributed by atoms with van der Waals surface area (Å²) in [7, 11) is 1.26. The van der Waals surface area contributed by atoms with Gasteiger partial charge in [-0.3, -0.25) is 8.98 Å². The van der Waals surface area contributed by atoms with E-state index in [0.29, 0.717) is 0 Å². The Morgan fingerprint density at radius 1 is 1.60 bits per heavy atom. The minimum atomic E-state index is -1.65. The fraction of sp³-hybridized carbons (Fsp3) is 0.800. The Bertz CT molecular complexity index is 166. The quantitative estimate of drug-likeness (QED) is 0.611. The second-order valence-electron chi connectivity index (χ2n) is 2.19. The van der Waals surface area contributed by atoms with Crippen molar-refractivity contribution in [2.24, 2.45) is 0 Å². The van der Waals surface area contributed by atoms with Gasteiger partial charge < -0.3 is 0 Å². The Hall–Kier alpha value is 0.0700. The highest BCUT2D eigenvalue weighted by Gasteiger charge is 2.33. The summed E-state index contributed by atoms with van der Waals surface area (Å²) in [4.78, 5) is 10.6. The Labute approximate surface area is 67.4 Å². The van der Waals surface area contributed by atoms with Gasteiger partial charge in [0, 0.05) is 0 Å². The maximum atomic E-state index is 10.9. The van der Waals surface area contributed by atoms with E-state index in [1.165, 1.54) is 21.0 Å². The van der Waals surface area contributed by atoms with Crippen LogP contribution in [0.25, 0.3) is 0 Å². The first-order valence-electron chi connectivity index (χ1n) is 2.59. The number of rotatable bonds is 3. The molecule has 3 nitrogen and oxygen atoms in total. The lowest BCUT2D eigenvalue weighted by molar-refractivity contribution is -0.113. The molecule has 0 bridgehead atoms. The molecule has 0 aromatic rings. The highest BCUT2D eigenvalue weighted by Crippen LogP contribution is 2.16. The Kier molecular flexibility index (Phi) is 3.48. The van der Waals surface area contributed by atoms with Crippen molar-refractivity contribution >= 4 is 27.9 Å². The van der Waals surface area contributed by atoms with Gasteiger partial charge in [0.05, 0.1) is 7.11 Å². The zero-order valence-corrected chi connectivity index (χ0v) is 7.58. The van der Waals surface area contributed by atoms with Crippen LogP contribution in [0.4, 0.5) is 0 Å². The predicted octanol–water partition coefficient (Wildman–Crippen LogP) is 0.841. The summed E-state index contributed by atoms with van der Waals surface area (Å²) in [6, 6.07) is 0. The average molecular weight is 185 g/mol. The minimum absolute atomic E-state index is 0.660. The molecule has 0 spiro atoms. The predicted molar refractivity (Wildman–Crippen MR) is 40.1 cm³/mol. The van der Waals surface area contributed by atoms with Gasteiger partial charge in [-0.1, -0.05) is 0 Å². The Morgan fingerprint density at radius 3 is 2.10 bits per heavy atom. The fourth-order valence-corrected chi connectivity index (χ4v) is 1.01. The van der Waals surface area contributed by atoms with Crippen molar-refractivity contribution in [3.63, 3.8) is 0 Å². The summed E-state index contributed by atoms with van der Waals surface area (Å²) in [5.41, 5.74) is 0. The van der Waals surface area contributed by atoms with Gasteiger partial charge in [-0.05, 0) is 25.4 Å². The lowest BCUT2D eigenvalue weighted by atomic mass is 10.2. The van der Waals surface area contributed by atoms with E-state index in [4.69, 9.17) is 11.6 Å². The molecular weight excluding hydrogens is 176 g/mol. The van der Waals surface area contributed by atoms with Gasteiger partial charge in [-0.2, -0.15) is 0 Å². The molecule has 0 aromatic heterocycles. The SMILES string of the molecule is COS(=O)C(C)(C)C(=O)Cl. The van der Waals surface area contributed by atoms with E-state index >= 15 is 0 Å². The second-order valence-corrected chi connectivity index (χ2v) is 4.35. The van der Waals surface area contributed by atoms with Crippen molar-refractivity contribution in [2.45, 2.75) is 18.6 Å². The maximum Gasteiger partial charge on any atom is 0.242 e. The van der Waals surface area contributed by atoms with Crippen LogP contribution in [0, 0.1) is 0 Å². The Morgan fingerprint density at radius 2 is 2.00 bits per heavy atom. The smallest absolute Gasteiger partial charge is 0.242 e. The fourth-order valence-electron chi connectivity index (χ4n) is 0.274. The zero-order valence-electron chi connectivity index (χ0n) is 6.01. The molecule has 0 radical (unpaired) electrons. The van der Waals surface area contributed by atoms with Crippen LogP contribution in [0.1, 0.15) is 13.8 Å². The third-order valence-corrected chi connectivity index (χ3v) is 2.95. The van der Waals surface area contributed by atoms with Crippen LogP contribution in [0.3, 0.4) is 0 Å². The number of carbonyl (C=O) groups is 1. The third-order valence-electron chi connectivity index (χ3n) is 1.04. The monoisotopic (exact) mass is 184 g/mol. The summed E-state index contributed by atoms with van der Waals surface area (Å²) in [5.74, 6) is 0. The summed E-state index contributed by atoms with van der Waals surface area (Å²) >= 11 is 3.48. The average Bonchev–Trinajstić information content (AvgIpc) is 1.86. The highest BCUT2D eigenvalue weighted by molar-refractivity contribution is 7.82. The highest BCUT2D eigenvalue weighted by atomic mass is 35.5. The van der Waals surface area contributed by atoms with Gasteiger partial charge >= 0.3 is 0 Å². The molecule has 60 valence electrons. The van der Waals surface area contributed by atoms with Crippen LogP contribution in [-0.2, 0) is 20.1 Å². The summed E-state index contributed by atoms with van der Waals surface area (Å²) < 4.78 is 14.2. The largest absolute Gasteiger partial charge is 0.293 e. The van der Waals surface area contributed by atoms with Gasteiger partial charge in [-0.15, -0.1) is 0 Å². The van der Waals surface area contributed by atoms with Crippen molar-refractivity contribution in [1.82, 2.24) is 0 Å². The lowest BCUT2D eigenvalue weighted by Crippen LogP contribution is -2.33. The molecule has 0 rings (SSSR count). The van der Waals surface area contributed by atoms with Gasteiger partial charge in [0.1, 0.15) is 4.75 Å². The second kappa shape index (κ2) is 3.46. The molecular formula is C5H9ClO3S. The van der Waals surface area contributed by atoms with Crippen molar-refractivity contribution < 1.29 is 13.2 Å². The van der Waals surface area contributed by atoms with Gasteiger partial charge in [0.2, 0.25) is 5.24 Å². The van der Waals surface area contributed by atoms with Gasteiger partial charge in [0.25, 0.3) is 0 Å². The molecule has 0 saturated heterocycles. The molecule has 0 aliphatic rings. The first-order chi connectivity index (χ1) is 4.42. The molecule has 0 saturated carbocycles. The van der Waals surface area contributed by atoms with Crippen molar-refractivity contribution in [2.75, 3.05) is 7.11 Å². The molecule has 5 heteroatoms. The molecule has 0 heterocycles. The Balaban J connectivity index is 4.40. The topological polar surface area (TPSA) is 43.4 Å². The van der Waals surface area contributed by atoms with Crippen LogP contribution in [0.15, 0.2) is 0 Å². The maximum absolute atomic E-state index is 10.9. The van der Waals surface area contributed by atoms with Crippen molar-refractivity contribution in [3.05, 3.63) is 0 Å². The molecule has 1 unspecified atom stereocenters. The molecule has 0 fully saturated rings.